The molecule has 70 valence electrons. The van der Waals surface area contributed by atoms with Crippen LogP contribution in [0.25, 0.3) is 0 Å². The van der Waals surface area contributed by atoms with Gasteiger partial charge < -0.3 is 10.6 Å². The fourth-order valence-corrected chi connectivity index (χ4v) is 0.900. The van der Waals surface area contributed by atoms with Crippen LogP contribution in [0.2, 0.25) is 0 Å². The van der Waals surface area contributed by atoms with Gasteiger partial charge in [-0.1, -0.05) is 12.1 Å². The summed E-state index contributed by atoms with van der Waals surface area (Å²) >= 11 is 0. The molecule has 1 aromatic rings. The predicted molar refractivity (Wildman–Crippen MR) is 56.2 cm³/mol. The van der Waals surface area contributed by atoms with Crippen LogP contribution in [-0.2, 0) is 6.54 Å². The summed E-state index contributed by atoms with van der Waals surface area (Å²) in [6, 6.07) is 7.90. The molecular weight excluding hydrogens is 162 g/mol. The van der Waals surface area contributed by atoms with Crippen LogP contribution in [-0.4, -0.2) is 25.3 Å². The van der Waals surface area contributed by atoms with Crippen molar-refractivity contribution < 1.29 is 0 Å². The molecule has 0 fully saturated rings. The number of hydrogen-bond donors (Lipinski definition) is 1. The number of aliphatic imine (C=N–C) groups is 1. The highest BCUT2D eigenvalue weighted by molar-refractivity contribution is 5.60. The monoisotopic (exact) mass is 177 g/mol. The fourth-order valence-electron chi connectivity index (χ4n) is 0.900. The molecule has 13 heavy (non-hydrogen) atoms. The fraction of sp³-hybridized carbons (Fsp3) is 0.300. The molecule has 1 rings (SSSR count). The van der Waals surface area contributed by atoms with Crippen molar-refractivity contribution in [3.05, 3.63) is 29.8 Å². The van der Waals surface area contributed by atoms with Crippen molar-refractivity contribution >= 4 is 12.0 Å². The average molecular weight is 177 g/mol. The molecule has 3 heteroatoms. The van der Waals surface area contributed by atoms with Crippen LogP contribution in [0.5, 0.6) is 0 Å². The van der Waals surface area contributed by atoms with Crippen LogP contribution < -0.4 is 5.73 Å². The number of benzene rings is 1. The van der Waals surface area contributed by atoms with Gasteiger partial charge in [-0.25, -0.2) is 4.99 Å². The summed E-state index contributed by atoms with van der Waals surface area (Å²) in [5.41, 5.74) is 7.55. The summed E-state index contributed by atoms with van der Waals surface area (Å²) < 4.78 is 0. The van der Waals surface area contributed by atoms with E-state index in [-0.39, 0.29) is 0 Å². The second-order valence-electron chi connectivity index (χ2n) is 3.08. The molecule has 0 amide bonds. The first-order valence-corrected chi connectivity index (χ1v) is 4.22. The Balaban J connectivity index is 2.69. The first-order chi connectivity index (χ1) is 6.22. The molecule has 0 unspecified atom stereocenters. The summed E-state index contributed by atoms with van der Waals surface area (Å²) in [6.07, 6.45) is 1.78. The Bertz CT molecular complexity index is 275. The molecule has 2 N–H and O–H groups in total. The Kier molecular flexibility index (Phi) is 3.46. The zero-order valence-electron chi connectivity index (χ0n) is 8.07. The Hall–Kier alpha value is -1.35. The van der Waals surface area contributed by atoms with Gasteiger partial charge in [-0.2, -0.15) is 0 Å². The molecule has 0 aliphatic rings. The van der Waals surface area contributed by atoms with Crippen molar-refractivity contribution in [1.82, 2.24) is 4.90 Å². The zero-order chi connectivity index (χ0) is 9.68. The van der Waals surface area contributed by atoms with Gasteiger partial charge in [-0.05, 0) is 17.7 Å². The second-order valence-corrected chi connectivity index (χ2v) is 3.08. The van der Waals surface area contributed by atoms with Crippen LogP contribution in [0.4, 0.5) is 5.69 Å². The predicted octanol–water partition coefficient (Wildman–Crippen LogP) is 1.37. The lowest BCUT2D eigenvalue weighted by atomic mass is 10.2. The van der Waals surface area contributed by atoms with E-state index in [2.05, 4.69) is 4.99 Å². The zero-order valence-corrected chi connectivity index (χ0v) is 8.07. The lowest BCUT2D eigenvalue weighted by Crippen LogP contribution is -2.06. The highest BCUT2D eigenvalue weighted by atomic mass is 15.1. The quantitative estimate of drug-likeness (QED) is 0.559. The third kappa shape index (κ3) is 3.25. The highest BCUT2D eigenvalue weighted by Gasteiger charge is 1.89. The molecule has 0 spiro atoms. The van der Waals surface area contributed by atoms with Gasteiger partial charge in [0.2, 0.25) is 0 Å². The Labute approximate surface area is 78.9 Å². The van der Waals surface area contributed by atoms with Gasteiger partial charge in [-0.3, -0.25) is 0 Å². The number of nitrogens with zero attached hydrogens (tertiary/aromatic N) is 2. The third-order valence-electron chi connectivity index (χ3n) is 1.61. The Morgan fingerprint density at radius 1 is 1.31 bits per heavy atom. The lowest BCUT2D eigenvalue weighted by Gasteiger charge is -2.02. The molecule has 0 aliphatic heterocycles. The molecule has 0 atom stereocenters. The van der Waals surface area contributed by atoms with Crippen molar-refractivity contribution in [2.75, 3.05) is 14.1 Å². The number of rotatable bonds is 3. The minimum Gasteiger partial charge on any atom is -0.369 e. The topological polar surface area (TPSA) is 41.6 Å². The van der Waals surface area contributed by atoms with E-state index in [4.69, 9.17) is 5.73 Å². The van der Waals surface area contributed by atoms with Crippen LogP contribution in [0, 0.1) is 0 Å². The van der Waals surface area contributed by atoms with Crippen molar-refractivity contribution in [3.8, 4) is 0 Å². The molecule has 0 aliphatic carbocycles. The van der Waals surface area contributed by atoms with E-state index in [0.29, 0.717) is 6.54 Å². The van der Waals surface area contributed by atoms with Gasteiger partial charge >= 0.3 is 0 Å². The van der Waals surface area contributed by atoms with Gasteiger partial charge in [0.25, 0.3) is 0 Å². The lowest BCUT2D eigenvalue weighted by molar-refractivity contribution is 0.643. The minimum absolute atomic E-state index is 0.581. The van der Waals surface area contributed by atoms with E-state index < -0.39 is 0 Å². The van der Waals surface area contributed by atoms with Crippen molar-refractivity contribution in [3.63, 3.8) is 0 Å². The standard InChI is InChI=1S/C10H15N3/c1-13(2)8-12-10-5-3-9(7-11)4-6-10/h3-6,8H,7,11H2,1-2H3. The van der Waals surface area contributed by atoms with Gasteiger partial charge in [0.15, 0.2) is 0 Å². The van der Waals surface area contributed by atoms with Crippen LogP contribution >= 0.6 is 0 Å². The summed E-state index contributed by atoms with van der Waals surface area (Å²) in [7, 11) is 3.88. The first-order valence-electron chi connectivity index (χ1n) is 4.22. The minimum atomic E-state index is 0.581. The second kappa shape index (κ2) is 4.62. The van der Waals surface area contributed by atoms with E-state index in [1.165, 1.54) is 0 Å². The van der Waals surface area contributed by atoms with E-state index in [0.717, 1.165) is 11.3 Å². The smallest absolute Gasteiger partial charge is 0.0907 e. The van der Waals surface area contributed by atoms with E-state index in [9.17, 15) is 0 Å². The van der Waals surface area contributed by atoms with E-state index >= 15 is 0 Å². The van der Waals surface area contributed by atoms with Gasteiger partial charge in [-0.15, -0.1) is 0 Å². The van der Waals surface area contributed by atoms with Crippen LogP contribution in [0.1, 0.15) is 5.56 Å². The van der Waals surface area contributed by atoms with Gasteiger partial charge in [0.05, 0.1) is 12.0 Å². The normalized spacial score (nSPS) is 10.7. The Morgan fingerprint density at radius 2 is 1.92 bits per heavy atom. The molecular formula is C10H15N3. The molecule has 3 nitrogen and oxygen atoms in total. The van der Waals surface area contributed by atoms with Gasteiger partial charge in [0.1, 0.15) is 0 Å². The third-order valence-corrected chi connectivity index (χ3v) is 1.61. The number of hydrogen-bond acceptors (Lipinski definition) is 2. The maximum absolute atomic E-state index is 5.48. The van der Waals surface area contributed by atoms with Crippen LogP contribution in [0.15, 0.2) is 29.3 Å². The van der Waals surface area contributed by atoms with E-state index in [1.807, 2.05) is 43.3 Å². The summed E-state index contributed by atoms with van der Waals surface area (Å²) in [6.45, 7) is 0.581. The SMILES string of the molecule is CN(C)C=Nc1ccc(CN)cc1. The maximum atomic E-state index is 5.48. The Morgan fingerprint density at radius 3 is 2.38 bits per heavy atom. The highest BCUT2D eigenvalue weighted by Crippen LogP contribution is 2.11. The van der Waals surface area contributed by atoms with Crippen LogP contribution in [0.3, 0.4) is 0 Å². The van der Waals surface area contributed by atoms with Gasteiger partial charge in [0, 0.05) is 20.6 Å². The largest absolute Gasteiger partial charge is 0.369 e. The number of nitrogens with two attached hydrogens (primary N) is 1. The summed E-state index contributed by atoms with van der Waals surface area (Å²) in [5, 5.41) is 0. The summed E-state index contributed by atoms with van der Waals surface area (Å²) in [5.74, 6) is 0. The van der Waals surface area contributed by atoms with Crippen molar-refractivity contribution in [1.29, 1.82) is 0 Å². The molecule has 0 saturated heterocycles. The molecule has 0 saturated carbocycles. The molecule has 0 heterocycles. The molecule has 0 bridgehead atoms. The average Bonchev–Trinajstić information content (AvgIpc) is 2.15. The first kappa shape index (κ1) is 9.74. The van der Waals surface area contributed by atoms with Crippen molar-refractivity contribution in [2.45, 2.75) is 6.54 Å². The van der Waals surface area contributed by atoms with E-state index in [1.54, 1.807) is 6.34 Å². The maximum Gasteiger partial charge on any atom is 0.0907 e. The summed E-state index contributed by atoms with van der Waals surface area (Å²) in [4.78, 5) is 6.14. The van der Waals surface area contributed by atoms with Crippen molar-refractivity contribution in [2.24, 2.45) is 10.7 Å². The molecule has 0 aromatic heterocycles. The molecule has 1 aromatic carbocycles. The molecule has 0 radical (unpaired) electrons.